The third-order valence-electron chi connectivity index (χ3n) is 1.94. The van der Waals surface area contributed by atoms with Gasteiger partial charge in [-0.25, -0.2) is 8.78 Å². The summed E-state index contributed by atoms with van der Waals surface area (Å²) in [4.78, 5) is 24.8. The Balaban J connectivity index is 3.26. The molecule has 4 nitrogen and oxygen atoms in total. The molecule has 0 fully saturated rings. The first-order valence-corrected chi connectivity index (χ1v) is 5.01. The first kappa shape index (κ1) is 12.8. The second-order valence-corrected chi connectivity index (χ2v) is 3.77. The van der Waals surface area contributed by atoms with Crippen molar-refractivity contribution in [3.63, 3.8) is 0 Å². The lowest BCUT2D eigenvalue weighted by molar-refractivity contribution is -0.139. The molecule has 1 heterocycles. The topological polar surface area (TPSA) is 59.2 Å². The van der Waals surface area contributed by atoms with Gasteiger partial charge in [0.15, 0.2) is 5.43 Å². The van der Waals surface area contributed by atoms with Gasteiger partial charge in [-0.1, -0.05) is 0 Å². The highest BCUT2D eigenvalue weighted by Crippen LogP contribution is 2.20. The lowest BCUT2D eigenvalue weighted by Gasteiger charge is -2.07. The maximum atomic E-state index is 12.6. The van der Waals surface area contributed by atoms with Crippen molar-refractivity contribution in [3.8, 4) is 0 Å². The standard InChI is InChI=1S/C9H8BrF2NO3/c1-16-6(14)2-4-7(9(11)12)13-3-5(10)8(4)15/h3,9H,2H2,1H3,(H,13,15). The molecule has 0 aliphatic carbocycles. The molecule has 1 aromatic rings. The minimum atomic E-state index is -2.85. The number of H-pyrrole nitrogens is 1. The molecule has 7 heteroatoms. The van der Waals surface area contributed by atoms with Crippen molar-refractivity contribution in [2.75, 3.05) is 7.11 Å². The van der Waals surface area contributed by atoms with Gasteiger partial charge in [-0.2, -0.15) is 0 Å². The molecule has 0 unspecified atom stereocenters. The summed E-state index contributed by atoms with van der Waals surface area (Å²) in [7, 11) is 1.12. The van der Waals surface area contributed by atoms with Crippen LogP contribution in [0.25, 0.3) is 0 Å². The average Bonchev–Trinajstić information content (AvgIpc) is 2.24. The number of halogens is 3. The van der Waals surface area contributed by atoms with Crippen molar-refractivity contribution >= 4 is 21.9 Å². The van der Waals surface area contributed by atoms with Crippen LogP contribution in [0, 0.1) is 0 Å². The molecule has 1 rings (SSSR count). The number of nitrogens with one attached hydrogen (secondary N) is 1. The molecule has 0 saturated heterocycles. The van der Waals surface area contributed by atoms with Crippen LogP contribution in [-0.4, -0.2) is 18.1 Å². The highest BCUT2D eigenvalue weighted by atomic mass is 79.9. The summed E-state index contributed by atoms with van der Waals surface area (Å²) in [5, 5.41) is 0. The Kier molecular flexibility index (Phi) is 4.17. The van der Waals surface area contributed by atoms with Gasteiger partial charge in [0.05, 0.1) is 23.7 Å². The number of methoxy groups -OCH3 is 1. The largest absolute Gasteiger partial charge is 0.469 e. The Morgan fingerprint density at radius 1 is 1.62 bits per heavy atom. The van der Waals surface area contributed by atoms with Crippen LogP contribution in [0.3, 0.4) is 0 Å². The Morgan fingerprint density at radius 2 is 2.25 bits per heavy atom. The van der Waals surface area contributed by atoms with E-state index in [1.807, 2.05) is 0 Å². The summed E-state index contributed by atoms with van der Waals surface area (Å²) in [6.45, 7) is 0. The van der Waals surface area contributed by atoms with Gasteiger partial charge >= 0.3 is 5.97 Å². The zero-order chi connectivity index (χ0) is 12.3. The van der Waals surface area contributed by atoms with E-state index in [9.17, 15) is 18.4 Å². The third kappa shape index (κ3) is 2.66. The van der Waals surface area contributed by atoms with Crippen LogP contribution in [0.2, 0.25) is 0 Å². The molecular formula is C9H8BrF2NO3. The number of hydrogen-bond acceptors (Lipinski definition) is 3. The fourth-order valence-corrected chi connectivity index (χ4v) is 1.50. The molecule has 0 amide bonds. The van der Waals surface area contributed by atoms with Crippen LogP contribution in [0.1, 0.15) is 17.7 Å². The van der Waals surface area contributed by atoms with Crippen molar-refractivity contribution in [1.82, 2.24) is 4.98 Å². The second-order valence-electron chi connectivity index (χ2n) is 2.91. The van der Waals surface area contributed by atoms with Gasteiger partial charge < -0.3 is 9.72 Å². The van der Waals surface area contributed by atoms with E-state index < -0.39 is 29.9 Å². The van der Waals surface area contributed by atoms with E-state index in [0.29, 0.717) is 0 Å². The van der Waals surface area contributed by atoms with Crippen LogP contribution in [0.5, 0.6) is 0 Å². The minimum Gasteiger partial charge on any atom is -0.469 e. The molecule has 0 radical (unpaired) electrons. The lowest BCUT2D eigenvalue weighted by Crippen LogP contribution is -2.19. The Bertz CT molecular complexity index is 459. The van der Waals surface area contributed by atoms with E-state index in [0.717, 1.165) is 13.3 Å². The first-order chi connectivity index (χ1) is 7.47. The fraction of sp³-hybridized carbons (Fsp3) is 0.333. The fourth-order valence-electron chi connectivity index (χ4n) is 1.15. The number of carbonyl (C=O) groups excluding carboxylic acids is 1. The maximum Gasteiger partial charge on any atom is 0.310 e. The monoisotopic (exact) mass is 295 g/mol. The number of esters is 1. The summed E-state index contributed by atoms with van der Waals surface area (Å²) in [6.07, 6.45) is -2.21. The average molecular weight is 296 g/mol. The molecule has 0 aliphatic rings. The normalized spacial score (nSPS) is 10.6. The van der Waals surface area contributed by atoms with Gasteiger partial charge in [-0.3, -0.25) is 9.59 Å². The van der Waals surface area contributed by atoms with Crippen molar-refractivity contribution in [3.05, 3.63) is 32.2 Å². The Morgan fingerprint density at radius 3 is 2.75 bits per heavy atom. The molecule has 1 aromatic heterocycles. The lowest BCUT2D eigenvalue weighted by atomic mass is 10.1. The van der Waals surface area contributed by atoms with E-state index >= 15 is 0 Å². The molecule has 0 atom stereocenters. The van der Waals surface area contributed by atoms with E-state index in [4.69, 9.17) is 0 Å². The van der Waals surface area contributed by atoms with E-state index in [-0.39, 0.29) is 10.0 Å². The van der Waals surface area contributed by atoms with E-state index in [1.165, 1.54) is 0 Å². The number of aromatic amines is 1. The number of ether oxygens (including phenoxy) is 1. The molecule has 88 valence electrons. The summed E-state index contributed by atoms with van der Waals surface area (Å²) >= 11 is 2.90. The van der Waals surface area contributed by atoms with Gasteiger partial charge in [0, 0.05) is 11.8 Å². The smallest absolute Gasteiger partial charge is 0.310 e. The van der Waals surface area contributed by atoms with Crippen LogP contribution in [-0.2, 0) is 16.0 Å². The molecule has 0 aromatic carbocycles. The highest BCUT2D eigenvalue weighted by Gasteiger charge is 2.20. The number of hydrogen-bond donors (Lipinski definition) is 1. The molecule has 1 N–H and O–H groups in total. The Labute approximate surface area is 97.7 Å². The van der Waals surface area contributed by atoms with Gasteiger partial charge in [0.2, 0.25) is 0 Å². The minimum absolute atomic E-state index is 0.0933. The Hall–Kier alpha value is -1.24. The summed E-state index contributed by atoms with van der Waals surface area (Å²) < 4.78 is 29.5. The van der Waals surface area contributed by atoms with Crippen molar-refractivity contribution < 1.29 is 18.3 Å². The number of carbonyl (C=O) groups is 1. The predicted octanol–water partition coefficient (Wildman–Crippen LogP) is 1.79. The molecule has 0 aliphatic heterocycles. The zero-order valence-electron chi connectivity index (χ0n) is 8.22. The quantitative estimate of drug-likeness (QED) is 0.865. The van der Waals surface area contributed by atoms with Gasteiger partial charge in [0.25, 0.3) is 6.43 Å². The van der Waals surface area contributed by atoms with E-state index in [1.54, 1.807) is 0 Å². The van der Waals surface area contributed by atoms with E-state index in [2.05, 4.69) is 25.7 Å². The second kappa shape index (κ2) is 5.20. The van der Waals surface area contributed by atoms with Crippen LogP contribution in [0.15, 0.2) is 15.5 Å². The third-order valence-corrected chi connectivity index (χ3v) is 2.53. The number of alkyl halides is 2. The molecule has 16 heavy (non-hydrogen) atoms. The van der Waals surface area contributed by atoms with Crippen LogP contribution < -0.4 is 5.43 Å². The van der Waals surface area contributed by atoms with Gasteiger partial charge in [-0.15, -0.1) is 0 Å². The van der Waals surface area contributed by atoms with Crippen molar-refractivity contribution in [1.29, 1.82) is 0 Å². The molecule has 0 bridgehead atoms. The first-order valence-electron chi connectivity index (χ1n) is 4.22. The summed E-state index contributed by atoms with van der Waals surface area (Å²) in [6, 6.07) is 0. The zero-order valence-corrected chi connectivity index (χ0v) is 9.81. The van der Waals surface area contributed by atoms with Crippen LogP contribution >= 0.6 is 15.9 Å². The SMILES string of the molecule is COC(=O)Cc1c(C(F)F)[nH]cc(Br)c1=O. The number of aromatic nitrogens is 1. The van der Waals surface area contributed by atoms with Crippen molar-refractivity contribution in [2.24, 2.45) is 0 Å². The molecule has 0 spiro atoms. The summed E-state index contributed by atoms with van der Waals surface area (Å²) in [5.74, 6) is -0.745. The van der Waals surface area contributed by atoms with Crippen LogP contribution in [0.4, 0.5) is 8.78 Å². The van der Waals surface area contributed by atoms with Gasteiger partial charge in [-0.05, 0) is 15.9 Å². The van der Waals surface area contributed by atoms with Gasteiger partial charge in [0.1, 0.15) is 0 Å². The molecular weight excluding hydrogens is 288 g/mol. The summed E-state index contributed by atoms with van der Waals surface area (Å²) in [5.41, 5.74) is -1.48. The predicted molar refractivity (Wildman–Crippen MR) is 55.4 cm³/mol. The van der Waals surface area contributed by atoms with Crippen molar-refractivity contribution in [2.45, 2.75) is 12.8 Å². The number of pyridine rings is 1. The molecule has 0 saturated carbocycles. The number of rotatable bonds is 3. The highest BCUT2D eigenvalue weighted by molar-refractivity contribution is 9.10. The maximum absolute atomic E-state index is 12.6.